The van der Waals surface area contributed by atoms with E-state index in [0.29, 0.717) is 22.6 Å². The number of halogens is 1. The summed E-state index contributed by atoms with van der Waals surface area (Å²) in [4.78, 5) is 16.4. The van der Waals surface area contributed by atoms with Crippen LogP contribution in [0.2, 0.25) is 0 Å². The van der Waals surface area contributed by atoms with Crippen LogP contribution in [0.4, 0.5) is 0 Å². The molecule has 0 fully saturated rings. The van der Waals surface area contributed by atoms with Crippen molar-refractivity contribution in [3.63, 3.8) is 0 Å². The van der Waals surface area contributed by atoms with Gasteiger partial charge in [-0.3, -0.25) is 0 Å². The van der Waals surface area contributed by atoms with Crippen LogP contribution in [0.25, 0.3) is 6.08 Å². The molecule has 2 aromatic rings. The molecule has 0 aliphatic carbocycles. The average Bonchev–Trinajstić information content (AvgIpc) is 3.01. The fourth-order valence-corrected chi connectivity index (χ4v) is 2.55. The van der Waals surface area contributed by atoms with Crippen molar-refractivity contribution in [2.45, 2.75) is 0 Å². The number of cyclic esters (lactones) is 1. The van der Waals surface area contributed by atoms with Crippen LogP contribution in [0.1, 0.15) is 11.1 Å². The number of carbonyl (C=O) groups is 1. The average molecular weight is 413 g/mol. The molecule has 26 heavy (non-hydrogen) atoms. The van der Waals surface area contributed by atoms with Gasteiger partial charge in [0.25, 0.3) is 0 Å². The maximum absolute atomic E-state index is 12.1. The van der Waals surface area contributed by atoms with E-state index in [1.807, 2.05) is 30.3 Å². The van der Waals surface area contributed by atoms with Crippen LogP contribution in [-0.2, 0) is 9.53 Å². The summed E-state index contributed by atoms with van der Waals surface area (Å²) >= 11 is 3.36. The first-order valence-electron chi connectivity index (χ1n) is 7.57. The highest BCUT2D eigenvalue weighted by atomic mass is 79.9. The molecule has 0 unspecified atom stereocenters. The number of nitrogens with zero attached hydrogens (tertiary/aromatic N) is 2. The standard InChI is InChI=1S/C19H13BrN2O4/c1-24-17-11-12(2-7-16(17)25-9-8-21)10-15-19(23)26-18(22-15)13-3-5-14(20)6-4-13/h2-7,10-11H,9H2,1H3/b15-10+. The molecule has 7 heteroatoms. The largest absolute Gasteiger partial charge is 0.493 e. The Morgan fingerprint density at radius 2 is 2.00 bits per heavy atom. The second-order valence-corrected chi connectivity index (χ2v) is 6.12. The summed E-state index contributed by atoms with van der Waals surface area (Å²) in [5.74, 6) is 0.642. The lowest BCUT2D eigenvalue weighted by molar-refractivity contribution is -0.129. The Bertz CT molecular complexity index is 943. The van der Waals surface area contributed by atoms with Gasteiger partial charge in [0, 0.05) is 10.0 Å². The lowest BCUT2D eigenvalue weighted by atomic mass is 10.1. The molecule has 0 aromatic heterocycles. The van der Waals surface area contributed by atoms with Gasteiger partial charge in [-0.05, 0) is 48.0 Å². The monoisotopic (exact) mass is 412 g/mol. The molecule has 3 rings (SSSR count). The fraction of sp³-hybridized carbons (Fsp3) is 0.105. The Hall–Kier alpha value is -3.11. The molecule has 1 heterocycles. The maximum Gasteiger partial charge on any atom is 0.363 e. The van der Waals surface area contributed by atoms with Gasteiger partial charge in [0.05, 0.1) is 7.11 Å². The van der Waals surface area contributed by atoms with Crippen LogP contribution in [0, 0.1) is 11.3 Å². The first kappa shape index (κ1) is 17.7. The van der Waals surface area contributed by atoms with E-state index >= 15 is 0 Å². The van der Waals surface area contributed by atoms with Crippen LogP contribution in [0.5, 0.6) is 11.5 Å². The molecule has 0 saturated heterocycles. The number of nitriles is 1. The molecule has 0 amide bonds. The third-order valence-corrected chi connectivity index (χ3v) is 4.02. The van der Waals surface area contributed by atoms with Crippen LogP contribution >= 0.6 is 15.9 Å². The number of rotatable bonds is 5. The molecular weight excluding hydrogens is 400 g/mol. The Morgan fingerprint density at radius 1 is 1.23 bits per heavy atom. The fourth-order valence-electron chi connectivity index (χ4n) is 2.29. The smallest absolute Gasteiger partial charge is 0.363 e. The third kappa shape index (κ3) is 3.92. The van der Waals surface area contributed by atoms with Gasteiger partial charge in [-0.1, -0.05) is 22.0 Å². The predicted molar refractivity (Wildman–Crippen MR) is 98.9 cm³/mol. The summed E-state index contributed by atoms with van der Waals surface area (Å²) in [7, 11) is 1.50. The molecule has 0 atom stereocenters. The number of benzene rings is 2. The van der Waals surface area contributed by atoms with Crippen molar-refractivity contribution in [3.05, 3.63) is 63.8 Å². The Kier molecular flexibility index (Phi) is 5.34. The quantitative estimate of drug-likeness (QED) is 0.552. The molecule has 130 valence electrons. The van der Waals surface area contributed by atoms with Crippen molar-refractivity contribution in [3.8, 4) is 17.6 Å². The third-order valence-electron chi connectivity index (χ3n) is 3.49. The van der Waals surface area contributed by atoms with E-state index < -0.39 is 5.97 Å². The first-order chi connectivity index (χ1) is 12.6. The summed E-state index contributed by atoms with van der Waals surface area (Å²) in [5.41, 5.74) is 1.59. The molecule has 0 spiro atoms. The highest BCUT2D eigenvalue weighted by molar-refractivity contribution is 9.10. The highest BCUT2D eigenvalue weighted by Gasteiger charge is 2.24. The number of esters is 1. The minimum Gasteiger partial charge on any atom is -0.493 e. The van der Waals surface area contributed by atoms with Crippen LogP contribution < -0.4 is 9.47 Å². The lowest BCUT2D eigenvalue weighted by Crippen LogP contribution is -2.05. The van der Waals surface area contributed by atoms with Crippen molar-refractivity contribution < 1.29 is 19.0 Å². The number of hydrogen-bond donors (Lipinski definition) is 0. The zero-order chi connectivity index (χ0) is 18.5. The zero-order valence-corrected chi connectivity index (χ0v) is 15.3. The van der Waals surface area contributed by atoms with E-state index in [0.717, 1.165) is 4.47 Å². The molecule has 0 radical (unpaired) electrons. The van der Waals surface area contributed by atoms with E-state index in [4.69, 9.17) is 19.5 Å². The van der Waals surface area contributed by atoms with E-state index in [2.05, 4.69) is 20.9 Å². The maximum atomic E-state index is 12.1. The molecule has 6 nitrogen and oxygen atoms in total. The Balaban J connectivity index is 1.88. The number of ether oxygens (including phenoxy) is 3. The summed E-state index contributed by atoms with van der Waals surface area (Å²) in [5, 5.41) is 8.60. The molecule has 0 bridgehead atoms. The highest BCUT2D eigenvalue weighted by Crippen LogP contribution is 2.29. The van der Waals surface area contributed by atoms with Crippen LogP contribution in [0.15, 0.2) is 57.6 Å². The Labute approximate surface area is 158 Å². The molecule has 1 aliphatic rings. The number of carbonyl (C=O) groups excluding carboxylic acids is 1. The van der Waals surface area contributed by atoms with Gasteiger partial charge in [0.15, 0.2) is 23.8 Å². The molecule has 1 aliphatic heterocycles. The van der Waals surface area contributed by atoms with E-state index in [1.54, 1.807) is 24.3 Å². The van der Waals surface area contributed by atoms with Gasteiger partial charge in [-0.25, -0.2) is 9.79 Å². The summed E-state index contributed by atoms with van der Waals surface area (Å²) in [6.07, 6.45) is 1.60. The van der Waals surface area contributed by atoms with Crippen molar-refractivity contribution in [1.82, 2.24) is 0 Å². The van der Waals surface area contributed by atoms with Crippen molar-refractivity contribution >= 4 is 33.9 Å². The molecular formula is C19H13BrN2O4. The lowest BCUT2D eigenvalue weighted by Gasteiger charge is -2.08. The summed E-state index contributed by atoms with van der Waals surface area (Å²) < 4.78 is 16.7. The van der Waals surface area contributed by atoms with E-state index in [1.165, 1.54) is 7.11 Å². The van der Waals surface area contributed by atoms with Gasteiger partial charge in [0.1, 0.15) is 6.07 Å². The molecule has 2 aromatic carbocycles. The normalized spacial score (nSPS) is 14.6. The van der Waals surface area contributed by atoms with Gasteiger partial charge in [-0.2, -0.15) is 5.26 Å². The van der Waals surface area contributed by atoms with Gasteiger partial charge < -0.3 is 14.2 Å². The minimum absolute atomic E-state index is 0.0794. The number of methoxy groups -OCH3 is 1. The van der Waals surface area contributed by atoms with Crippen molar-refractivity contribution in [1.29, 1.82) is 5.26 Å². The predicted octanol–water partition coefficient (Wildman–Crippen LogP) is 3.70. The van der Waals surface area contributed by atoms with E-state index in [9.17, 15) is 4.79 Å². The van der Waals surface area contributed by atoms with Crippen LogP contribution in [0.3, 0.4) is 0 Å². The van der Waals surface area contributed by atoms with Crippen molar-refractivity contribution in [2.24, 2.45) is 4.99 Å². The van der Waals surface area contributed by atoms with Crippen LogP contribution in [-0.4, -0.2) is 25.6 Å². The Morgan fingerprint density at radius 3 is 2.69 bits per heavy atom. The zero-order valence-electron chi connectivity index (χ0n) is 13.7. The number of hydrogen-bond acceptors (Lipinski definition) is 6. The SMILES string of the molecule is COc1cc(/C=C2/N=C(c3ccc(Br)cc3)OC2=O)ccc1OCC#N. The van der Waals surface area contributed by atoms with Gasteiger partial charge >= 0.3 is 5.97 Å². The minimum atomic E-state index is -0.522. The van der Waals surface area contributed by atoms with Gasteiger partial charge in [0.2, 0.25) is 5.90 Å². The van der Waals surface area contributed by atoms with Crippen molar-refractivity contribution in [2.75, 3.05) is 13.7 Å². The summed E-state index contributed by atoms with van der Waals surface area (Å²) in [6.45, 7) is -0.0794. The summed E-state index contributed by atoms with van der Waals surface area (Å²) in [6, 6.07) is 14.3. The number of aliphatic imine (C=N–C) groups is 1. The van der Waals surface area contributed by atoms with E-state index in [-0.39, 0.29) is 18.2 Å². The second-order valence-electron chi connectivity index (χ2n) is 5.20. The van der Waals surface area contributed by atoms with Gasteiger partial charge in [-0.15, -0.1) is 0 Å². The first-order valence-corrected chi connectivity index (χ1v) is 8.36. The second kappa shape index (κ2) is 7.85. The topological polar surface area (TPSA) is 80.9 Å². The molecule has 0 saturated carbocycles. The molecule has 0 N–H and O–H groups in total.